The lowest BCUT2D eigenvalue weighted by molar-refractivity contribution is 0.307. The number of allylic oxidation sites excluding steroid dienone is 2. The van der Waals surface area contributed by atoms with E-state index >= 15 is 0 Å². The molecule has 0 aromatic heterocycles. The molecule has 2 unspecified atom stereocenters. The van der Waals surface area contributed by atoms with Crippen molar-refractivity contribution < 1.29 is 0 Å². The van der Waals surface area contributed by atoms with Crippen LogP contribution in [0.1, 0.15) is 76.5 Å². The molecule has 0 saturated heterocycles. The van der Waals surface area contributed by atoms with Gasteiger partial charge < -0.3 is 0 Å². The molecule has 162 valence electrons. The third-order valence-corrected chi connectivity index (χ3v) is 6.93. The summed E-state index contributed by atoms with van der Waals surface area (Å²) in [5.41, 5.74) is 5.78. The lowest BCUT2D eigenvalue weighted by atomic mass is 9.62. The second-order valence-electron chi connectivity index (χ2n) is 9.12. The number of benzene rings is 3. The summed E-state index contributed by atoms with van der Waals surface area (Å²) < 4.78 is 0. The first-order valence-corrected chi connectivity index (χ1v) is 11.9. The fourth-order valence-electron chi connectivity index (χ4n) is 5.24. The van der Waals surface area contributed by atoms with Gasteiger partial charge >= 0.3 is 0 Å². The molecule has 0 heterocycles. The van der Waals surface area contributed by atoms with E-state index in [1.165, 1.54) is 35.1 Å². The van der Waals surface area contributed by atoms with Crippen LogP contribution in [0.4, 0.5) is 0 Å². The lowest BCUT2D eigenvalue weighted by Gasteiger charge is -2.41. The van der Waals surface area contributed by atoms with Gasteiger partial charge in [-0.15, -0.1) is 0 Å². The Bertz CT molecular complexity index is 939. The Morgan fingerprint density at radius 1 is 0.710 bits per heavy atom. The van der Waals surface area contributed by atoms with Crippen molar-refractivity contribution in [1.29, 1.82) is 0 Å². The third-order valence-electron chi connectivity index (χ3n) is 6.93. The quantitative estimate of drug-likeness (QED) is 0.313. The van der Waals surface area contributed by atoms with Crippen molar-refractivity contribution in [2.75, 3.05) is 0 Å². The zero-order valence-corrected chi connectivity index (χ0v) is 19.8. The zero-order valence-electron chi connectivity index (χ0n) is 19.8. The molecule has 31 heavy (non-hydrogen) atoms. The van der Waals surface area contributed by atoms with Gasteiger partial charge in [-0.05, 0) is 53.4 Å². The van der Waals surface area contributed by atoms with E-state index in [9.17, 15) is 0 Å². The molecule has 0 amide bonds. The number of hydrogen-bond acceptors (Lipinski definition) is 0. The first kappa shape index (κ1) is 23.1. The molecule has 0 aliphatic rings. The SMILES string of the molecule is CCCC(C)(CC(C=C(CC)c1ccccc1)(CC)c1ccccc1)c1ccccc1. The van der Waals surface area contributed by atoms with Crippen LogP contribution >= 0.6 is 0 Å². The van der Waals surface area contributed by atoms with E-state index in [0.29, 0.717) is 0 Å². The summed E-state index contributed by atoms with van der Waals surface area (Å²) in [6.07, 6.45) is 8.20. The molecule has 0 aliphatic heterocycles. The second kappa shape index (κ2) is 10.6. The van der Waals surface area contributed by atoms with Gasteiger partial charge in [0.15, 0.2) is 0 Å². The minimum atomic E-state index is -0.0117. The van der Waals surface area contributed by atoms with Gasteiger partial charge in [-0.1, -0.05) is 131 Å². The predicted octanol–water partition coefficient (Wildman–Crippen LogP) is 8.98. The number of hydrogen-bond donors (Lipinski definition) is 0. The van der Waals surface area contributed by atoms with E-state index in [4.69, 9.17) is 0 Å². The van der Waals surface area contributed by atoms with E-state index < -0.39 is 0 Å². The van der Waals surface area contributed by atoms with E-state index in [1.54, 1.807) is 0 Å². The van der Waals surface area contributed by atoms with Gasteiger partial charge in [0.25, 0.3) is 0 Å². The highest BCUT2D eigenvalue weighted by Crippen LogP contribution is 2.46. The standard InChI is InChI=1S/C31H38/c1-5-23-30(4,28-19-13-9-14-20-28)25-31(7-3,29-21-15-10-16-22-29)24-26(6-2)27-17-11-8-12-18-27/h8-22,24H,5-7,23,25H2,1-4H3. The van der Waals surface area contributed by atoms with Crippen LogP contribution in [0.3, 0.4) is 0 Å². The molecule has 0 spiro atoms. The Balaban J connectivity index is 2.17. The largest absolute Gasteiger partial charge is 0.0701 e. The molecule has 0 fully saturated rings. The van der Waals surface area contributed by atoms with Gasteiger partial charge in [-0.3, -0.25) is 0 Å². The van der Waals surface area contributed by atoms with Crippen LogP contribution in [0.2, 0.25) is 0 Å². The molecule has 0 aliphatic carbocycles. The first-order chi connectivity index (χ1) is 15.1. The van der Waals surface area contributed by atoms with Gasteiger partial charge in [0.1, 0.15) is 0 Å². The van der Waals surface area contributed by atoms with Crippen molar-refractivity contribution in [3.8, 4) is 0 Å². The van der Waals surface area contributed by atoms with Crippen LogP contribution < -0.4 is 0 Å². The Morgan fingerprint density at radius 2 is 1.23 bits per heavy atom. The summed E-state index contributed by atoms with van der Waals surface area (Å²) in [5.74, 6) is 0. The van der Waals surface area contributed by atoms with Crippen molar-refractivity contribution in [3.05, 3.63) is 114 Å². The van der Waals surface area contributed by atoms with Gasteiger partial charge in [0.2, 0.25) is 0 Å². The third kappa shape index (κ3) is 5.37. The van der Waals surface area contributed by atoms with Gasteiger partial charge in [0.05, 0.1) is 0 Å². The monoisotopic (exact) mass is 410 g/mol. The number of rotatable bonds is 10. The van der Waals surface area contributed by atoms with E-state index in [1.807, 2.05) is 0 Å². The van der Waals surface area contributed by atoms with E-state index in [2.05, 4.69) is 125 Å². The average molecular weight is 411 g/mol. The fourth-order valence-corrected chi connectivity index (χ4v) is 5.24. The normalized spacial score (nSPS) is 15.8. The van der Waals surface area contributed by atoms with Crippen molar-refractivity contribution in [2.45, 2.75) is 70.6 Å². The van der Waals surface area contributed by atoms with Crippen LogP contribution in [0, 0.1) is 0 Å². The van der Waals surface area contributed by atoms with Crippen LogP contribution in [-0.2, 0) is 10.8 Å². The topological polar surface area (TPSA) is 0 Å². The maximum Gasteiger partial charge on any atom is 0.0143 e. The minimum Gasteiger partial charge on any atom is -0.0701 e. The minimum absolute atomic E-state index is 0.0117. The summed E-state index contributed by atoms with van der Waals surface area (Å²) in [4.78, 5) is 0. The Hall–Kier alpha value is -2.60. The highest BCUT2D eigenvalue weighted by molar-refractivity contribution is 5.67. The molecular formula is C31H38. The molecule has 3 aromatic rings. The molecular weight excluding hydrogens is 372 g/mol. The summed E-state index contributed by atoms with van der Waals surface area (Å²) in [7, 11) is 0. The summed E-state index contributed by atoms with van der Waals surface area (Å²) in [6.45, 7) is 9.43. The Morgan fingerprint density at radius 3 is 1.71 bits per heavy atom. The van der Waals surface area contributed by atoms with Crippen molar-refractivity contribution >= 4 is 5.57 Å². The molecule has 3 rings (SSSR count). The van der Waals surface area contributed by atoms with Crippen LogP contribution in [0.25, 0.3) is 5.57 Å². The highest BCUT2D eigenvalue weighted by Gasteiger charge is 2.38. The second-order valence-corrected chi connectivity index (χ2v) is 9.12. The lowest BCUT2D eigenvalue weighted by Crippen LogP contribution is -2.35. The first-order valence-electron chi connectivity index (χ1n) is 11.9. The molecule has 0 heteroatoms. The van der Waals surface area contributed by atoms with Crippen LogP contribution in [0.5, 0.6) is 0 Å². The Labute approximate surface area is 190 Å². The molecule has 0 N–H and O–H groups in total. The van der Waals surface area contributed by atoms with Crippen molar-refractivity contribution in [2.24, 2.45) is 0 Å². The molecule has 0 nitrogen and oxygen atoms in total. The molecule has 3 aromatic carbocycles. The molecule has 2 atom stereocenters. The fraction of sp³-hybridized carbons (Fsp3) is 0.355. The maximum absolute atomic E-state index is 2.61. The summed E-state index contributed by atoms with van der Waals surface area (Å²) >= 11 is 0. The smallest absolute Gasteiger partial charge is 0.0143 e. The van der Waals surface area contributed by atoms with E-state index in [-0.39, 0.29) is 10.8 Å². The van der Waals surface area contributed by atoms with Crippen molar-refractivity contribution in [3.63, 3.8) is 0 Å². The summed E-state index contributed by atoms with van der Waals surface area (Å²) in [5, 5.41) is 0. The van der Waals surface area contributed by atoms with E-state index in [0.717, 1.165) is 19.3 Å². The maximum atomic E-state index is 2.61. The Kier molecular flexibility index (Phi) is 7.91. The van der Waals surface area contributed by atoms with Crippen LogP contribution in [-0.4, -0.2) is 0 Å². The van der Waals surface area contributed by atoms with Gasteiger partial charge in [-0.25, -0.2) is 0 Å². The predicted molar refractivity (Wildman–Crippen MR) is 136 cm³/mol. The van der Waals surface area contributed by atoms with Crippen molar-refractivity contribution in [1.82, 2.24) is 0 Å². The molecule has 0 saturated carbocycles. The molecule has 0 bridgehead atoms. The van der Waals surface area contributed by atoms with Gasteiger partial charge in [0, 0.05) is 5.41 Å². The van der Waals surface area contributed by atoms with Crippen LogP contribution in [0.15, 0.2) is 97.1 Å². The zero-order chi connectivity index (χ0) is 22.2. The highest BCUT2D eigenvalue weighted by atomic mass is 14.4. The van der Waals surface area contributed by atoms with Gasteiger partial charge in [-0.2, -0.15) is 0 Å². The molecule has 0 radical (unpaired) electrons. The average Bonchev–Trinajstić information content (AvgIpc) is 2.83. The summed E-state index contributed by atoms with van der Waals surface area (Å²) in [6, 6.07) is 33.3.